The van der Waals surface area contributed by atoms with Gasteiger partial charge in [-0.05, 0) is 63.6 Å². The molecule has 0 aromatic heterocycles. The van der Waals surface area contributed by atoms with E-state index < -0.39 is 23.6 Å². The summed E-state index contributed by atoms with van der Waals surface area (Å²) in [5.41, 5.74) is 5.94. The average Bonchev–Trinajstić information content (AvgIpc) is 2.96. The molecule has 2 aliphatic rings. The number of imide groups is 1. The molecule has 2 fully saturated rings. The van der Waals surface area contributed by atoms with E-state index >= 15 is 0 Å². The maximum absolute atomic E-state index is 12.4. The van der Waals surface area contributed by atoms with E-state index in [9.17, 15) is 19.2 Å². The number of ether oxygens (including phenoxy) is 1. The number of hydrogen-bond donors (Lipinski definition) is 4. The van der Waals surface area contributed by atoms with Crippen LogP contribution in [-0.4, -0.2) is 35.4 Å². The molecule has 29 heavy (non-hydrogen) atoms. The fourth-order valence-electron chi connectivity index (χ4n) is 3.68. The zero-order valence-corrected chi connectivity index (χ0v) is 16.8. The monoisotopic (exact) mass is 402 g/mol. The molecule has 1 aliphatic heterocycles. The van der Waals surface area contributed by atoms with Crippen LogP contribution in [0, 0.1) is 19.8 Å². The Kier molecular flexibility index (Phi) is 5.76. The van der Waals surface area contributed by atoms with Crippen molar-refractivity contribution in [2.24, 2.45) is 5.92 Å². The molecule has 1 heterocycles. The summed E-state index contributed by atoms with van der Waals surface area (Å²) in [5.74, 6) is -0.854. The number of hydrazine groups is 1. The Morgan fingerprint density at radius 1 is 1.17 bits per heavy atom. The molecule has 3 rings (SSSR count). The molecule has 1 saturated heterocycles. The zero-order valence-electron chi connectivity index (χ0n) is 16.8. The molecule has 4 N–H and O–H groups in total. The van der Waals surface area contributed by atoms with Crippen LogP contribution in [0.1, 0.15) is 43.7 Å². The number of amides is 5. The van der Waals surface area contributed by atoms with Crippen LogP contribution in [0.4, 0.5) is 4.79 Å². The minimum absolute atomic E-state index is 0.322. The van der Waals surface area contributed by atoms with Crippen LogP contribution in [0.5, 0.6) is 5.75 Å². The average molecular weight is 402 g/mol. The smallest absolute Gasteiger partial charge is 0.322 e. The van der Waals surface area contributed by atoms with Crippen LogP contribution in [0.15, 0.2) is 18.2 Å². The summed E-state index contributed by atoms with van der Waals surface area (Å²) in [4.78, 5) is 48.0. The highest BCUT2D eigenvalue weighted by Gasteiger charge is 2.48. The van der Waals surface area contributed by atoms with Gasteiger partial charge in [0.05, 0.1) is 0 Å². The van der Waals surface area contributed by atoms with Gasteiger partial charge < -0.3 is 10.1 Å². The van der Waals surface area contributed by atoms with Gasteiger partial charge in [0.15, 0.2) is 6.10 Å². The van der Waals surface area contributed by atoms with Crippen molar-refractivity contribution in [1.82, 2.24) is 21.5 Å². The van der Waals surface area contributed by atoms with Crippen LogP contribution in [0.2, 0.25) is 0 Å². The fraction of sp³-hybridized carbons (Fsp3) is 0.500. The Morgan fingerprint density at radius 3 is 2.48 bits per heavy atom. The Morgan fingerprint density at radius 2 is 1.86 bits per heavy atom. The van der Waals surface area contributed by atoms with E-state index in [-0.39, 0.29) is 17.7 Å². The van der Waals surface area contributed by atoms with E-state index in [1.54, 1.807) is 13.0 Å². The molecule has 1 aliphatic carbocycles. The van der Waals surface area contributed by atoms with Gasteiger partial charge in [-0.25, -0.2) is 4.79 Å². The van der Waals surface area contributed by atoms with Gasteiger partial charge in [-0.1, -0.05) is 12.1 Å². The second-order valence-electron chi connectivity index (χ2n) is 7.70. The van der Waals surface area contributed by atoms with Gasteiger partial charge in [0.1, 0.15) is 11.3 Å². The quantitative estimate of drug-likeness (QED) is 0.441. The van der Waals surface area contributed by atoms with Gasteiger partial charge in [-0.3, -0.25) is 30.6 Å². The summed E-state index contributed by atoms with van der Waals surface area (Å²) in [6.45, 7) is 5.48. The molecule has 156 valence electrons. The topological polar surface area (TPSA) is 126 Å². The molecule has 0 radical (unpaired) electrons. The molecule has 1 aromatic carbocycles. The van der Waals surface area contributed by atoms with Crippen LogP contribution in [0.3, 0.4) is 0 Å². The van der Waals surface area contributed by atoms with Crippen LogP contribution in [-0.2, 0) is 14.4 Å². The number of carbonyl (C=O) groups excluding carboxylic acids is 4. The third kappa shape index (κ3) is 4.33. The minimum atomic E-state index is -0.912. The van der Waals surface area contributed by atoms with Crippen molar-refractivity contribution in [3.63, 3.8) is 0 Å². The summed E-state index contributed by atoms with van der Waals surface area (Å²) in [6.07, 6.45) is 0.835. The first kappa shape index (κ1) is 20.6. The number of carbonyl (C=O) groups is 4. The van der Waals surface area contributed by atoms with Gasteiger partial charge in [0.2, 0.25) is 5.91 Å². The highest BCUT2D eigenvalue weighted by Crippen LogP contribution is 2.34. The van der Waals surface area contributed by atoms with E-state index in [2.05, 4.69) is 21.5 Å². The molecule has 5 amide bonds. The van der Waals surface area contributed by atoms with Crippen LogP contribution < -0.4 is 26.2 Å². The normalized spacial score (nSPS) is 24.4. The largest absolute Gasteiger partial charge is 0.481 e. The van der Waals surface area contributed by atoms with Gasteiger partial charge in [-0.2, -0.15) is 0 Å². The number of hydrogen-bond acceptors (Lipinski definition) is 5. The number of rotatable bonds is 4. The van der Waals surface area contributed by atoms with Crippen molar-refractivity contribution in [3.05, 3.63) is 29.3 Å². The SMILES string of the molecule is Cc1cccc(OC(C)C(=O)NNC(=O)C2CCC3(CC2)NC(=O)NC3=O)c1C. The van der Waals surface area contributed by atoms with Gasteiger partial charge in [0.25, 0.3) is 11.8 Å². The van der Waals surface area contributed by atoms with Crippen molar-refractivity contribution in [1.29, 1.82) is 0 Å². The van der Waals surface area contributed by atoms with Crippen molar-refractivity contribution < 1.29 is 23.9 Å². The molecule has 0 bridgehead atoms. The summed E-state index contributed by atoms with van der Waals surface area (Å²) in [5, 5.41) is 4.90. The Balaban J connectivity index is 1.47. The predicted octanol–water partition coefficient (Wildman–Crippen LogP) is 0.987. The molecule has 1 saturated carbocycles. The number of benzene rings is 1. The number of urea groups is 1. The number of aryl methyl sites for hydroxylation is 1. The summed E-state index contributed by atoms with van der Waals surface area (Å²) < 4.78 is 5.70. The first-order valence-corrected chi connectivity index (χ1v) is 9.68. The lowest BCUT2D eigenvalue weighted by atomic mass is 9.76. The first-order chi connectivity index (χ1) is 13.7. The lowest BCUT2D eigenvalue weighted by molar-refractivity contribution is -0.135. The van der Waals surface area contributed by atoms with E-state index in [0.717, 1.165) is 11.1 Å². The van der Waals surface area contributed by atoms with Gasteiger partial charge in [-0.15, -0.1) is 0 Å². The van der Waals surface area contributed by atoms with E-state index in [0.29, 0.717) is 31.4 Å². The predicted molar refractivity (Wildman–Crippen MR) is 104 cm³/mol. The summed E-state index contributed by atoms with van der Waals surface area (Å²) in [6, 6.07) is 5.11. The third-order valence-corrected chi connectivity index (χ3v) is 5.76. The van der Waals surface area contributed by atoms with Gasteiger partial charge in [0, 0.05) is 5.92 Å². The molecule has 1 unspecified atom stereocenters. The molecule has 9 heteroatoms. The maximum atomic E-state index is 12.4. The standard InChI is InChI=1S/C20H26N4O5/c1-11-5-4-6-15(12(11)2)29-13(3)16(25)23-24-17(26)14-7-9-20(10-8-14)18(27)21-19(28)22-20/h4-6,13-14H,7-10H2,1-3H3,(H,23,25)(H,24,26)(H2,21,22,27,28). The van der Waals surface area contributed by atoms with Gasteiger partial charge >= 0.3 is 6.03 Å². The summed E-state index contributed by atoms with van der Waals surface area (Å²) in [7, 11) is 0. The molecule has 1 aromatic rings. The Bertz CT molecular complexity index is 845. The zero-order chi connectivity index (χ0) is 21.2. The van der Waals surface area contributed by atoms with Crippen molar-refractivity contribution in [3.8, 4) is 5.75 Å². The lowest BCUT2D eigenvalue weighted by Crippen LogP contribution is -2.53. The lowest BCUT2D eigenvalue weighted by Gasteiger charge is -2.33. The second-order valence-corrected chi connectivity index (χ2v) is 7.70. The van der Waals surface area contributed by atoms with E-state index in [1.165, 1.54) is 0 Å². The highest BCUT2D eigenvalue weighted by molar-refractivity contribution is 6.07. The third-order valence-electron chi connectivity index (χ3n) is 5.76. The van der Waals surface area contributed by atoms with Crippen molar-refractivity contribution in [2.75, 3.05) is 0 Å². The Hall–Kier alpha value is -3.10. The molecule has 1 spiro atoms. The van der Waals surface area contributed by atoms with Crippen LogP contribution in [0.25, 0.3) is 0 Å². The fourth-order valence-corrected chi connectivity index (χ4v) is 3.68. The first-order valence-electron chi connectivity index (χ1n) is 9.68. The maximum Gasteiger partial charge on any atom is 0.322 e. The van der Waals surface area contributed by atoms with Crippen molar-refractivity contribution >= 4 is 23.8 Å². The summed E-state index contributed by atoms with van der Waals surface area (Å²) >= 11 is 0. The van der Waals surface area contributed by atoms with E-state index in [1.807, 2.05) is 26.0 Å². The molecule has 9 nitrogen and oxygen atoms in total. The molecular formula is C20H26N4O5. The van der Waals surface area contributed by atoms with Crippen molar-refractivity contribution in [2.45, 2.75) is 58.1 Å². The second kappa shape index (κ2) is 8.10. The highest BCUT2D eigenvalue weighted by atomic mass is 16.5. The Labute approximate surface area is 168 Å². The minimum Gasteiger partial charge on any atom is -0.481 e. The van der Waals surface area contributed by atoms with E-state index in [4.69, 9.17) is 4.74 Å². The number of nitrogens with one attached hydrogen (secondary N) is 4. The van der Waals surface area contributed by atoms with Crippen LogP contribution >= 0.6 is 0 Å². The molecule has 1 atom stereocenters. The molecular weight excluding hydrogens is 376 g/mol.